The quantitative estimate of drug-likeness (QED) is 0.272. The van der Waals surface area contributed by atoms with Crippen molar-refractivity contribution in [3.8, 4) is 16.9 Å². The molecule has 0 saturated heterocycles. The molecule has 4 nitrogen and oxygen atoms in total. The molecule has 0 fully saturated rings. The van der Waals surface area contributed by atoms with Gasteiger partial charge in [-0.25, -0.2) is 4.39 Å². The summed E-state index contributed by atoms with van der Waals surface area (Å²) in [6.45, 7) is 3.68. The van der Waals surface area contributed by atoms with Crippen LogP contribution in [0.15, 0.2) is 42.5 Å². The third-order valence-electron chi connectivity index (χ3n) is 4.97. The number of carbonyl (C=O) groups excluding carboxylic acids is 1. The Balaban J connectivity index is 1.99. The van der Waals surface area contributed by atoms with Crippen molar-refractivity contribution in [1.29, 1.82) is 0 Å². The number of hydrogen-bond donors (Lipinski definition) is 1. The summed E-state index contributed by atoms with van der Waals surface area (Å²) in [5.74, 6) is -2.21. The van der Waals surface area contributed by atoms with Gasteiger partial charge in [0.05, 0.1) is 5.92 Å². The number of carboxylic acid groups (broad SMARTS) is 1. The van der Waals surface area contributed by atoms with Gasteiger partial charge >= 0.3 is 11.9 Å². The Morgan fingerprint density at radius 1 is 1.03 bits per heavy atom. The molecule has 0 radical (unpaired) electrons. The molecule has 2 aromatic carbocycles. The van der Waals surface area contributed by atoms with Gasteiger partial charge in [0.2, 0.25) is 0 Å². The van der Waals surface area contributed by atoms with E-state index in [0.717, 1.165) is 19.3 Å². The van der Waals surface area contributed by atoms with E-state index in [1.54, 1.807) is 36.4 Å². The average Bonchev–Trinajstić information content (AvgIpc) is 2.70. The molecular formula is C24H29FO4. The second kappa shape index (κ2) is 11.3. The Morgan fingerprint density at radius 2 is 1.76 bits per heavy atom. The van der Waals surface area contributed by atoms with Crippen LogP contribution in [0.2, 0.25) is 0 Å². The smallest absolute Gasteiger partial charge is 0.311 e. The fourth-order valence-corrected chi connectivity index (χ4v) is 3.14. The third kappa shape index (κ3) is 7.00. The zero-order valence-electron chi connectivity index (χ0n) is 17.1. The summed E-state index contributed by atoms with van der Waals surface area (Å²) >= 11 is 0. The molecule has 5 heteroatoms. The molecule has 1 unspecified atom stereocenters. The number of hydrogen-bond acceptors (Lipinski definition) is 3. The lowest BCUT2D eigenvalue weighted by Gasteiger charge is -2.11. The molecule has 0 aromatic heterocycles. The van der Waals surface area contributed by atoms with Crippen LogP contribution >= 0.6 is 0 Å². The molecule has 2 rings (SSSR count). The lowest BCUT2D eigenvalue weighted by atomic mass is 9.97. The Hall–Kier alpha value is -2.69. The van der Waals surface area contributed by atoms with Crippen molar-refractivity contribution in [2.24, 2.45) is 0 Å². The molecular weight excluding hydrogens is 371 g/mol. The zero-order valence-corrected chi connectivity index (χ0v) is 17.1. The Kier molecular flexibility index (Phi) is 8.84. The van der Waals surface area contributed by atoms with Gasteiger partial charge in [-0.1, -0.05) is 63.3 Å². The summed E-state index contributed by atoms with van der Waals surface area (Å²) in [7, 11) is 0. The van der Waals surface area contributed by atoms with Gasteiger partial charge in [0.25, 0.3) is 0 Å². The van der Waals surface area contributed by atoms with Gasteiger partial charge in [-0.15, -0.1) is 0 Å². The number of benzene rings is 2. The third-order valence-corrected chi connectivity index (χ3v) is 4.97. The van der Waals surface area contributed by atoms with Crippen LogP contribution < -0.4 is 4.74 Å². The molecule has 156 valence electrons. The number of aliphatic carboxylic acids is 1. The maximum atomic E-state index is 14.5. The van der Waals surface area contributed by atoms with E-state index < -0.39 is 17.7 Å². The van der Waals surface area contributed by atoms with E-state index >= 15 is 0 Å². The maximum absolute atomic E-state index is 14.5. The molecule has 1 N–H and O–H groups in total. The lowest BCUT2D eigenvalue weighted by molar-refractivity contribution is -0.138. The standard InChI is InChI=1S/C24H29FO4/c1-3-4-5-6-7-8-12-23(26)29-20-11-9-10-19(15-20)21-14-13-18(16-22(21)25)17(2)24(27)28/h9-11,13-17H,3-8,12H2,1-2H3,(H,27,28). The van der Waals surface area contributed by atoms with Crippen molar-refractivity contribution in [2.75, 3.05) is 0 Å². The molecule has 0 amide bonds. The highest BCUT2D eigenvalue weighted by Crippen LogP contribution is 2.29. The van der Waals surface area contributed by atoms with Crippen molar-refractivity contribution in [3.05, 3.63) is 53.8 Å². The summed E-state index contributed by atoms with van der Waals surface area (Å²) in [6.07, 6.45) is 6.94. The van der Waals surface area contributed by atoms with Gasteiger partial charge in [-0.2, -0.15) is 0 Å². The number of halogens is 1. The predicted molar refractivity (Wildman–Crippen MR) is 112 cm³/mol. The second-order valence-corrected chi connectivity index (χ2v) is 7.32. The largest absolute Gasteiger partial charge is 0.481 e. The molecule has 0 heterocycles. The minimum atomic E-state index is -1.00. The predicted octanol–water partition coefficient (Wildman–Crippen LogP) is 6.34. The van der Waals surface area contributed by atoms with E-state index in [-0.39, 0.29) is 5.97 Å². The fourth-order valence-electron chi connectivity index (χ4n) is 3.14. The van der Waals surface area contributed by atoms with E-state index in [2.05, 4.69) is 6.92 Å². The first-order chi connectivity index (χ1) is 13.9. The van der Waals surface area contributed by atoms with E-state index in [4.69, 9.17) is 9.84 Å². The van der Waals surface area contributed by atoms with Gasteiger partial charge < -0.3 is 9.84 Å². The van der Waals surface area contributed by atoms with Gasteiger partial charge in [0, 0.05) is 12.0 Å². The highest BCUT2D eigenvalue weighted by Gasteiger charge is 2.16. The molecule has 0 bridgehead atoms. The van der Waals surface area contributed by atoms with Gasteiger partial charge in [0.15, 0.2) is 0 Å². The Morgan fingerprint density at radius 3 is 2.45 bits per heavy atom. The highest BCUT2D eigenvalue weighted by molar-refractivity contribution is 5.76. The summed E-state index contributed by atoms with van der Waals surface area (Å²) in [5, 5.41) is 9.08. The van der Waals surface area contributed by atoms with E-state index in [1.165, 1.54) is 32.3 Å². The van der Waals surface area contributed by atoms with Crippen LogP contribution in [-0.4, -0.2) is 17.0 Å². The lowest BCUT2D eigenvalue weighted by Crippen LogP contribution is -2.08. The zero-order chi connectivity index (χ0) is 21.2. The number of rotatable bonds is 11. The van der Waals surface area contributed by atoms with Crippen molar-refractivity contribution in [2.45, 2.75) is 64.7 Å². The van der Waals surface area contributed by atoms with Crippen LogP contribution in [0.25, 0.3) is 11.1 Å². The molecule has 0 aliphatic carbocycles. The average molecular weight is 400 g/mol. The first-order valence-electron chi connectivity index (χ1n) is 10.3. The molecule has 0 spiro atoms. The number of ether oxygens (including phenoxy) is 1. The number of carbonyl (C=O) groups is 2. The summed E-state index contributed by atoms with van der Waals surface area (Å²) < 4.78 is 19.9. The summed E-state index contributed by atoms with van der Waals surface area (Å²) in [4.78, 5) is 23.1. The first kappa shape index (κ1) is 22.6. The number of unbranched alkanes of at least 4 members (excludes halogenated alkanes) is 5. The van der Waals surface area contributed by atoms with Crippen LogP contribution in [0, 0.1) is 5.82 Å². The van der Waals surface area contributed by atoms with Gasteiger partial charge in [-0.05, 0) is 42.7 Å². The highest BCUT2D eigenvalue weighted by atomic mass is 19.1. The van der Waals surface area contributed by atoms with Crippen LogP contribution in [0.5, 0.6) is 5.75 Å². The minimum Gasteiger partial charge on any atom is -0.481 e. The molecule has 2 aromatic rings. The second-order valence-electron chi connectivity index (χ2n) is 7.32. The van der Waals surface area contributed by atoms with Gasteiger partial charge in [-0.3, -0.25) is 9.59 Å². The topological polar surface area (TPSA) is 63.6 Å². The Bertz CT molecular complexity index is 831. The summed E-state index contributed by atoms with van der Waals surface area (Å²) in [5.41, 5.74) is 1.31. The molecule has 0 saturated carbocycles. The van der Waals surface area contributed by atoms with Gasteiger partial charge in [0.1, 0.15) is 11.6 Å². The van der Waals surface area contributed by atoms with E-state index in [1.807, 2.05) is 0 Å². The fraction of sp³-hybridized carbons (Fsp3) is 0.417. The van der Waals surface area contributed by atoms with Crippen LogP contribution in [0.4, 0.5) is 4.39 Å². The maximum Gasteiger partial charge on any atom is 0.311 e. The van der Waals surface area contributed by atoms with Crippen LogP contribution in [0.1, 0.15) is 70.3 Å². The van der Waals surface area contributed by atoms with E-state index in [9.17, 15) is 14.0 Å². The molecule has 29 heavy (non-hydrogen) atoms. The minimum absolute atomic E-state index is 0.288. The van der Waals surface area contributed by atoms with Crippen molar-refractivity contribution in [3.63, 3.8) is 0 Å². The first-order valence-corrected chi connectivity index (χ1v) is 10.3. The molecule has 0 aliphatic rings. The van der Waals surface area contributed by atoms with Crippen molar-refractivity contribution < 1.29 is 23.8 Å². The van der Waals surface area contributed by atoms with Crippen molar-refractivity contribution in [1.82, 2.24) is 0 Å². The number of carboxylic acids is 1. The SMILES string of the molecule is CCCCCCCCC(=O)Oc1cccc(-c2ccc(C(C)C(=O)O)cc2F)c1. The number of esters is 1. The molecule has 1 atom stereocenters. The monoisotopic (exact) mass is 400 g/mol. The normalized spacial score (nSPS) is 11.8. The Labute approximate surface area is 171 Å². The summed E-state index contributed by atoms with van der Waals surface area (Å²) in [6, 6.07) is 11.1. The van der Waals surface area contributed by atoms with E-state index in [0.29, 0.717) is 28.9 Å². The van der Waals surface area contributed by atoms with Crippen LogP contribution in [0.3, 0.4) is 0 Å². The van der Waals surface area contributed by atoms with Crippen LogP contribution in [-0.2, 0) is 9.59 Å². The van der Waals surface area contributed by atoms with Crippen molar-refractivity contribution >= 4 is 11.9 Å². The molecule has 0 aliphatic heterocycles.